The number of nitrogens with two attached hydrogens (primary N) is 1. The highest BCUT2D eigenvalue weighted by Gasteiger charge is 2.07. The summed E-state index contributed by atoms with van der Waals surface area (Å²) in [7, 11) is 0. The lowest BCUT2D eigenvalue weighted by molar-refractivity contribution is 0.301. The number of hydrogen-bond donors (Lipinski definition) is 3. The summed E-state index contributed by atoms with van der Waals surface area (Å²) in [6.45, 7) is 3.68. The molecule has 6 heteroatoms. The molecule has 0 unspecified atom stereocenters. The van der Waals surface area contributed by atoms with Gasteiger partial charge >= 0.3 is 0 Å². The van der Waals surface area contributed by atoms with E-state index in [4.69, 9.17) is 16.0 Å². The second-order valence-electron chi connectivity index (χ2n) is 3.95. The maximum Gasteiger partial charge on any atom is 0.188 e. The molecule has 0 atom stereocenters. The molecule has 0 aromatic carbocycles. The minimum absolute atomic E-state index is 0.0104. The van der Waals surface area contributed by atoms with Crippen molar-refractivity contribution in [3.63, 3.8) is 0 Å². The molecule has 0 radical (unpaired) electrons. The Labute approximate surface area is 107 Å². The largest absolute Gasteiger partial charge is 0.409 e. The molecule has 1 aromatic heterocycles. The van der Waals surface area contributed by atoms with Gasteiger partial charge in [-0.25, -0.2) is 0 Å². The van der Waals surface area contributed by atoms with Gasteiger partial charge in [0.25, 0.3) is 0 Å². The molecule has 0 spiro atoms. The molecule has 0 fully saturated rings. The molecule has 0 bridgehead atoms. The van der Waals surface area contributed by atoms with Crippen LogP contribution >= 0.6 is 0 Å². The highest BCUT2D eigenvalue weighted by molar-refractivity contribution is 5.95. The van der Waals surface area contributed by atoms with E-state index in [1.807, 2.05) is 6.07 Å². The molecule has 1 rings (SSSR count). The first-order valence-corrected chi connectivity index (χ1v) is 6.02. The Morgan fingerprint density at radius 3 is 2.72 bits per heavy atom. The zero-order valence-corrected chi connectivity index (χ0v) is 10.6. The molecule has 6 nitrogen and oxygen atoms in total. The van der Waals surface area contributed by atoms with Crippen molar-refractivity contribution in [1.29, 1.82) is 0 Å². The Morgan fingerprint density at radius 2 is 2.22 bits per heavy atom. The SMILES string of the molecule is CCCCN(CCO)c1ccc(/C(N)=N/O)nc1. The van der Waals surface area contributed by atoms with Crippen LogP contribution in [0.1, 0.15) is 25.5 Å². The van der Waals surface area contributed by atoms with E-state index < -0.39 is 0 Å². The fourth-order valence-electron chi connectivity index (χ4n) is 1.62. The van der Waals surface area contributed by atoms with Crippen molar-refractivity contribution in [3.05, 3.63) is 24.0 Å². The van der Waals surface area contributed by atoms with E-state index >= 15 is 0 Å². The first kappa shape index (κ1) is 14.2. The van der Waals surface area contributed by atoms with Crippen LogP contribution in [0.3, 0.4) is 0 Å². The van der Waals surface area contributed by atoms with Crippen molar-refractivity contribution >= 4 is 11.5 Å². The van der Waals surface area contributed by atoms with E-state index in [1.54, 1.807) is 12.3 Å². The predicted octanol–water partition coefficient (Wildman–Crippen LogP) is 0.775. The number of aromatic nitrogens is 1. The Bertz CT molecular complexity index is 378. The summed E-state index contributed by atoms with van der Waals surface area (Å²) in [5.74, 6) is -0.0104. The monoisotopic (exact) mass is 252 g/mol. The molecule has 18 heavy (non-hydrogen) atoms. The molecule has 1 heterocycles. The molecule has 1 aromatic rings. The minimum Gasteiger partial charge on any atom is -0.409 e. The maximum atomic E-state index is 9.04. The average molecular weight is 252 g/mol. The lowest BCUT2D eigenvalue weighted by Crippen LogP contribution is -2.28. The van der Waals surface area contributed by atoms with Gasteiger partial charge in [0.2, 0.25) is 0 Å². The van der Waals surface area contributed by atoms with Crippen LogP contribution in [0.4, 0.5) is 5.69 Å². The number of aliphatic hydroxyl groups is 1. The number of nitrogens with zero attached hydrogens (tertiary/aromatic N) is 3. The van der Waals surface area contributed by atoms with Crippen LogP contribution in [0.2, 0.25) is 0 Å². The predicted molar refractivity (Wildman–Crippen MR) is 71.0 cm³/mol. The summed E-state index contributed by atoms with van der Waals surface area (Å²) in [4.78, 5) is 6.18. The highest BCUT2D eigenvalue weighted by atomic mass is 16.4. The van der Waals surface area contributed by atoms with Crippen LogP contribution in [-0.2, 0) is 0 Å². The van der Waals surface area contributed by atoms with Crippen LogP contribution in [0, 0.1) is 0 Å². The third-order valence-corrected chi connectivity index (χ3v) is 2.63. The van der Waals surface area contributed by atoms with Crippen molar-refractivity contribution in [1.82, 2.24) is 4.98 Å². The van der Waals surface area contributed by atoms with Gasteiger partial charge in [-0.3, -0.25) is 4.98 Å². The quantitative estimate of drug-likeness (QED) is 0.288. The zero-order valence-electron chi connectivity index (χ0n) is 10.6. The summed E-state index contributed by atoms with van der Waals surface area (Å²) in [5, 5.41) is 20.5. The molecule has 0 saturated heterocycles. The van der Waals surface area contributed by atoms with E-state index in [0.29, 0.717) is 12.2 Å². The maximum absolute atomic E-state index is 9.04. The van der Waals surface area contributed by atoms with E-state index in [1.165, 1.54) is 0 Å². The van der Waals surface area contributed by atoms with Crippen LogP contribution < -0.4 is 10.6 Å². The van der Waals surface area contributed by atoms with Gasteiger partial charge in [-0.15, -0.1) is 0 Å². The Kier molecular flexibility index (Phi) is 5.93. The Balaban J connectivity index is 2.79. The van der Waals surface area contributed by atoms with Crippen molar-refractivity contribution in [2.45, 2.75) is 19.8 Å². The summed E-state index contributed by atoms with van der Waals surface area (Å²) < 4.78 is 0. The minimum atomic E-state index is -0.0104. The van der Waals surface area contributed by atoms with Crippen molar-refractivity contribution < 1.29 is 10.3 Å². The third-order valence-electron chi connectivity index (χ3n) is 2.63. The fourth-order valence-corrected chi connectivity index (χ4v) is 1.62. The smallest absolute Gasteiger partial charge is 0.188 e. The molecule has 0 saturated carbocycles. The first-order valence-electron chi connectivity index (χ1n) is 6.02. The summed E-state index contributed by atoms with van der Waals surface area (Å²) in [5.41, 5.74) is 6.80. The molecule has 0 aliphatic rings. The second-order valence-corrected chi connectivity index (χ2v) is 3.95. The van der Waals surface area contributed by atoms with Gasteiger partial charge in [-0.1, -0.05) is 18.5 Å². The number of unbranched alkanes of at least 4 members (excludes halogenated alkanes) is 1. The average Bonchev–Trinajstić information content (AvgIpc) is 2.43. The van der Waals surface area contributed by atoms with Gasteiger partial charge in [-0.05, 0) is 18.6 Å². The van der Waals surface area contributed by atoms with Gasteiger partial charge in [0.15, 0.2) is 5.84 Å². The topological polar surface area (TPSA) is 95.0 Å². The van der Waals surface area contributed by atoms with E-state index in [0.717, 1.165) is 25.1 Å². The van der Waals surface area contributed by atoms with Gasteiger partial charge in [0.05, 0.1) is 18.5 Å². The molecule has 0 amide bonds. The standard InChI is InChI=1S/C12H20N4O2/c1-2-3-6-16(7-8-17)10-4-5-11(14-9-10)12(13)15-18/h4-5,9,17-18H,2-3,6-8H2,1H3,(H2,13,15). The number of anilines is 1. The number of pyridine rings is 1. The lowest BCUT2D eigenvalue weighted by atomic mass is 10.2. The molecule has 0 aliphatic carbocycles. The van der Waals surface area contributed by atoms with Gasteiger partial charge in [0, 0.05) is 13.1 Å². The first-order chi connectivity index (χ1) is 8.72. The van der Waals surface area contributed by atoms with Crippen molar-refractivity contribution in [3.8, 4) is 0 Å². The van der Waals surface area contributed by atoms with Crippen molar-refractivity contribution in [2.24, 2.45) is 10.9 Å². The summed E-state index contributed by atoms with van der Waals surface area (Å²) in [6, 6.07) is 3.55. The van der Waals surface area contributed by atoms with Gasteiger partial charge < -0.3 is 20.9 Å². The van der Waals surface area contributed by atoms with E-state index in [2.05, 4.69) is 22.0 Å². The number of hydrogen-bond acceptors (Lipinski definition) is 5. The molecule has 4 N–H and O–H groups in total. The second kappa shape index (κ2) is 7.50. The Hall–Kier alpha value is -1.82. The Morgan fingerprint density at radius 1 is 1.44 bits per heavy atom. The van der Waals surface area contributed by atoms with Crippen LogP contribution in [-0.4, -0.2) is 40.8 Å². The van der Waals surface area contributed by atoms with Crippen LogP contribution in [0.15, 0.2) is 23.5 Å². The summed E-state index contributed by atoms with van der Waals surface area (Å²) in [6.07, 6.45) is 3.82. The van der Waals surface area contributed by atoms with Gasteiger partial charge in [-0.2, -0.15) is 0 Å². The van der Waals surface area contributed by atoms with Crippen molar-refractivity contribution in [2.75, 3.05) is 24.6 Å². The lowest BCUT2D eigenvalue weighted by Gasteiger charge is -2.23. The zero-order chi connectivity index (χ0) is 13.4. The fraction of sp³-hybridized carbons (Fsp3) is 0.500. The number of amidine groups is 1. The number of rotatable bonds is 7. The number of aliphatic hydroxyl groups excluding tert-OH is 1. The van der Waals surface area contributed by atoms with Gasteiger partial charge in [0.1, 0.15) is 5.69 Å². The highest BCUT2D eigenvalue weighted by Crippen LogP contribution is 2.13. The molecular formula is C12H20N4O2. The molecule has 100 valence electrons. The van der Waals surface area contributed by atoms with E-state index in [9.17, 15) is 0 Å². The number of oxime groups is 1. The normalized spacial score (nSPS) is 11.6. The van der Waals surface area contributed by atoms with E-state index in [-0.39, 0.29) is 12.4 Å². The van der Waals surface area contributed by atoms with Crippen LogP contribution in [0.5, 0.6) is 0 Å². The summed E-state index contributed by atoms with van der Waals surface area (Å²) >= 11 is 0. The molecular weight excluding hydrogens is 232 g/mol. The third kappa shape index (κ3) is 3.89. The van der Waals surface area contributed by atoms with Crippen LogP contribution in [0.25, 0.3) is 0 Å². The molecule has 0 aliphatic heterocycles.